The van der Waals surface area contributed by atoms with Crippen LogP contribution in [0.3, 0.4) is 0 Å². The number of allylic oxidation sites excluding steroid dienone is 5. The van der Waals surface area contributed by atoms with Crippen molar-refractivity contribution in [3.05, 3.63) is 65.3 Å². The molecule has 0 amide bonds. The first-order valence-corrected chi connectivity index (χ1v) is 5.62. The quantitative estimate of drug-likeness (QED) is 0.629. The normalized spacial score (nSPS) is 12.1. The fourth-order valence-corrected chi connectivity index (χ4v) is 1.64. The van der Waals surface area contributed by atoms with Crippen LogP contribution in [0.25, 0.3) is 5.57 Å². The second kappa shape index (κ2) is 5.50. The molecule has 0 heteroatoms. The minimum absolute atomic E-state index is 1.07. The molecule has 0 spiro atoms. The Morgan fingerprint density at radius 3 is 2.44 bits per heavy atom. The molecule has 1 aromatic rings. The van der Waals surface area contributed by atoms with E-state index in [1.807, 2.05) is 6.92 Å². The fourth-order valence-electron chi connectivity index (χ4n) is 1.64. The summed E-state index contributed by atoms with van der Waals surface area (Å²) in [4.78, 5) is 0. The van der Waals surface area contributed by atoms with Crippen LogP contribution in [-0.4, -0.2) is 0 Å². The zero-order valence-electron chi connectivity index (χ0n) is 10.7. The molecule has 0 saturated heterocycles. The molecule has 0 nitrogen and oxygen atoms in total. The summed E-state index contributed by atoms with van der Waals surface area (Å²) in [6.45, 7) is 12.3. The van der Waals surface area contributed by atoms with Crippen LogP contribution in [0.15, 0.2) is 48.6 Å². The van der Waals surface area contributed by atoms with Crippen molar-refractivity contribution in [3.8, 4) is 0 Å². The van der Waals surface area contributed by atoms with Crippen molar-refractivity contribution in [1.82, 2.24) is 0 Å². The van der Waals surface area contributed by atoms with Crippen LogP contribution >= 0.6 is 0 Å². The van der Waals surface area contributed by atoms with Gasteiger partial charge in [0.25, 0.3) is 0 Å². The van der Waals surface area contributed by atoms with E-state index in [-0.39, 0.29) is 0 Å². The van der Waals surface area contributed by atoms with Gasteiger partial charge in [-0.2, -0.15) is 0 Å². The predicted octanol–water partition coefficient (Wildman–Crippen LogP) is 4.84. The first-order chi connectivity index (χ1) is 7.56. The van der Waals surface area contributed by atoms with E-state index in [9.17, 15) is 0 Å². The largest absolute Gasteiger partial charge is 0.0961 e. The lowest BCUT2D eigenvalue weighted by Crippen LogP contribution is -1.89. The smallest absolute Gasteiger partial charge is 0.0155 e. The predicted molar refractivity (Wildman–Crippen MR) is 73.5 cm³/mol. The SMILES string of the molecule is C=C(C)/C=C\C(=C/C)c1cccc(C)c1C. The van der Waals surface area contributed by atoms with E-state index >= 15 is 0 Å². The molecule has 0 aliphatic rings. The lowest BCUT2D eigenvalue weighted by Gasteiger charge is -2.09. The van der Waals surface area contributed by atoms with Gasteiger partial charge in [-0.05, 0) is 50.0 Å². The Kier molecular flexibility index (Phi) is 4.30. The Hall–Kier alpha value is -1.56. The summed E-state index contributed by atoms with van der Waals surface area (Å²) in [7, 11) is 0. The van der Waals surface area contributed by atoms with E-state index < -0.39 is 0 Å². The summed E-state index contributed by atoms with van der Waals surface area (Å²) < 4.78 is 0. The van der Waals surface area contributed by atoms with Gasteiger partial charge in [0.05, 0.1) is 0 Å². The standard InChI is InChI=1S/C16H20/c1-6-15(11-10-12(2)3)16-9-7-8-13(4)14(16)5/h6-11H,2H2,1,3-5H3/b11-10-,15-6+. The van der Waals surface area contributed by atoms with Crippen LogP contribution in [0.5, 0.6) is 0 Å². The lowest BCUT2D eigenvalue weighted by molar-refractivity contribution is 1.31. The third-order valence-corrected chi connectivity index (χ3v) is 2.77. The lowest BCUT2D eigenvalue weighted by atomic mass is 9.96. The van der Waals surface area contributed by atoms with Crippen LogP contribution in [0.4, 0.5) is 0 Å². The molecule has 0 aliphatic heterocycles. The van der Waals surface area contributed by atoms with Crippen molar-refractivity contribution < 1.29 is 0 Å². The molecule has 0 bridgehead atoms. The highest BCUT2D eigenvalue weighted by molar-refractivity contribution is 5.76. The first-order valence-electron chi connectivity index (χ1n) is 5.62. The van der Waals surface area contributed by atoms with Crippen LogP contribution in [0.1, 0.15) is 30.5 Å². The number of rotatable bonds is 3. The number of benzene rings is 1. The van der Waals surface area contributed by atoms with Crippen molar-refractivity contribution in [2.75, 3.05) is 0 Å². The summed E-state index contributed by atoms with van der Waals surface area (Å²) in [5.41, 5.74) is 6.32. The molecule has 0 unspecified atom stereocenters. The van der Waals surface area contributed by atoms with Crippen LogP contribution in [0, 0.1) is 13.8 Å². The van der Waals surface area contributed by atoms with Crippen molar-refractivity contribution >= 4 is 5.57 Å². The molecule has 0 aliphatic carbocycles. The summed E-state index contributed by atoms with van der Waals surface area (Å²) in [5.74, 6) is 0. The van der Waals surface area contributed by atoms with Crippen LogP contribution in [-0.2, 0) is 0 Å². The van der Waals surface area contributed by atoms with E-state index in [0.29, 0.717) is 0 Å². The Morgan fingerprint density at radius 2 is 1.88 bits per heavy atom. The number of hydrogen-bond acceptors (Lipinski definition) is 0. The molecule has 1 aromatic carbocycles. The topological polar surface area (TPSA) is 0 Å². The van der Waals surface area contributed by atoms with Gasteiger partial charge < -0.3 is 0 Å². The zero-order chi connectivity index (χ0) is 12.1. The van der Waals surface area contributed by atoms with Crippen molar-refractivity contribution in [2.24, 2.45) is 0 Å². The van der Waals surface area contributed by atoms with E-state index in [1.54, 1.807) is 0 Å². The van der Waals surface area contributed by atoms with Gasteiger partial charge >= 0.3 is 0 Å². The van der Waals surface area contributed by atoms with Gasteiger partial charge in [-0.1, -0.05) is 48.6 Å². The third-order valence-electron chi connectivity index (χ3n) is 2.77. The van der Waals surface area contributed by atoms with Crippen molar-refractivity contribution in [2.45, 2.75) is 27.7 Å². The monoisotopic (exact) mass is 212 g/mol. The molecule has 0 aromatic heterocycles. The molecule has 0 fully saturated rings. The van der Waals surface area contributed by atoms with Crippen molar-refractivity contribution in [1.29, 1.82) is 0 Å². The van der Waals surface area contributed by atoms with Gasteiger partial charge in [-0.3, -0.25) is 0 Å². The maximum atomic E-state index is 3.88. The summed E-state index contributed by atoms with van der Waals surface area (Å²) in [5, 5.41) is 0. The van der Waals surface area contributed by atoms with Gasteiger partial charge in [-0.15, -0.1) is 0 Å². The van der Waals surface area contributed by atoms with Gasteiger partial charge in [0, 0.05) is 0 Å². The molecule has 0 heterocycles. The first kappa shape index (κ1) is 12.5. The number of hydrogen-bond donors (Lipinski definition) is 0. The maximum Gasteiger partial charge on any atom is -0.0155 e. The molecule has 0 saturated carbocycles. The van der Waals surface area contributed by atoms with Crippen LogP contribution in [0.2, 0.25) is 0 Å². The van der Waals surface area contributed by atoms with Gasteiger partial charge in [0.15, 0.2) is 0 Å². The maximum absolute atomic E-state index is 3.88. The molecule has 0 radical (unpaired) electrons. The zero-order valence-corrected chi connectivity index (χ0v) is 10.7. The minimum atomic E-state index is 1.07. The molecule has 84 valence electrons. The van der Waals surface area contributed by atoms with Gasteiger partial charge in [0.2, 0.25) is 0 Å². The Bertz CT molecular complexity index is 445. The Labute approximate surface area is 99.0 Å². The number of aryl methyl sites for hydroxylation is 1. The van der Waals surface area contributed by atoms with Crippen molar-refractivity contribution in [3.63, 3.8) is 0 Å². The summed E-state index contributed by atoms with van der Waals surface area (Å²) >= 11 is 0. The molecule has 16 heavy (non-hydrogen) atoms. The van der Waals surface area contributed by atoms with E-state index in [0.717, 1.165) is 5.57 Å². The second-order valence-electron chi connectivity index (χ2n) is 4.17. The van der Waals surface area contributed by atoms with E-state index in [4.69, 9.17) is 0 Å². The third kappa shape index (κ3) is 2.96. The average Bonchev–Trinajstić information content (AvgIpc) is 2.24. The molecular weight excluding hydrogens is 192 g/mol. The summed E-state index contributed by atoms with van der Waals surface area (Å²) in [6.07, 6.45) is 6.32. The Morgan fingerprint density at radius 1 is 1.19 bits per heavy atom. The van der Waals surface area contributed by atoms with Crippen LogP contribution < -0.4 is 0 Å². The molecular formula is C16H20. The van der Waals surface area contributed by atoms with E-state index in [1.165, 1.54) is 22.3 Å². The molecule has 1 rings (SSSR count). The second-order valence-corrected chi connectivity index (χ2v) is 4.17. The molecule has 0 atom stereocenters. The van der Waals surface area contributed by atoms with E-state index in [2.05, 4.69) is 63.8 Å². The molecule has 0 N–H and O–H groups in total. The van der Waals surface area contributed by atoms with Gasteiger partial charge in [0.1, 0.15) is 0 Å². The fraction of sp³-hybridized carbons (Fsp3) is 0.250. The van der Waals surface area contributed by atoms with Gasteiger partial charge in [-0.25, -0.2) is 0 Å². The Balaban J connectivity index is 3.15. The summed E-state index contributed by atoms with van der Waals surface area (Å²) in [6, 6.07) is 6.42. The highest BCUT2D eigenvalue weighted by Gasteiger charge is 2.02. The highest BCUT2D eigenvalue weighted by atomic mass is 14.1. The minimum Gasteiger partial charge on any atom is -0.0961 e. The highest BCUT2D eigenvalue weighted by Crippen LogP contribution is 2.22. The average molecular weight is 212 g/mol.